The van der Waals surface area contributed by atoms with Crippen LogP contribution in [-0.2, 0) is 0 Å². The Bertz CT molecular complexity index is 642. The summed E-state index contributed by atoms with van der Waals surface area (Å²) in [6.45, 7) is 3.59. The van der Waals surface area contributed by atoms with Gasteiger partial charge in [-0.25, -0.2) is 14.2 Å². The van der Waals surface area contributed by atoms with Crippen molar-refractivity contribution >= 4 is 28.5 Å². The van der Waals surface area contributed by atoms with Crippen LogP contribution in [0.15, 0.2) is 25.0 Å². The maximum Gasteiger partial charge on any atom is 0.412 e. The molecule has 0 bridgehead atoms. The smallest absolute Gasteiger partial charge is 0.412 e. The molecule has 1 amide bonds. The van der Waals surface area contributed by atoms with Gasteiger partial charge < -0.3 is 5.11 Å². The van der Waals surface area contributed by atoms with Gasteiger partial charge in [0.15, 0.2) is 0 Å². The minimum atomic E-state index is -1.10. The minimum absolute atomic E-state index is 0.432. The van der Waals surface area contributed by atoms with Gasteiger partial charge in [-0.2, -0.15) is 0 Å². The Morgan fingerprint density at radius 2 is 2.32 bits per heavy atom. The monoisotopic (exact) mass is 279 g/mol. The third-order valence-corrected chi connectivity index (χ3v) is 3.57. The van der Waals surface area contributed by atoms with Gasteiger partial charge in [0.1, 0.15) is 15.8 Å². The van der Waals surface area contributed by atoms with E-state index < -0.39 is 11.9 Å². The second kappa shape index (κ2) is 5.15. The fourth-order valence-corrected chi connectivity index (χ4v) is 2.44. The number of nitrogens with zero attached hydrogens (tertiary/aromatic N) is 3. The molecule has 2 heterocycles. The van der Waals surface area contributed by atoms with Crippen LogP contribution in [-0.4, -0.2) is 28.2 Å². The number of hydrogen-bond acceptors (Lipinski definition) is 4. The van der Waals surface area contributed by atoms with Gasteiger partial charge in [-0.15, -0.1) is 0 Å². The van der Waals surface area contributed by atoms with Gasteiger partial charge in [0.2, 0.25) is 0 Å². The molecule has 0 aromatic carbocycles. The lowest BCUT2D eigenvalue weighted by molar-refractivity contribution is 0.203. The summed E-state index contributed by atoms with van der Waals surface area (Å²) in [4.78, 5) is 20.0. The van der Waals surface area contributed by atoms with E-state index in [1.165, 1.54) is 25.4 Å². The molecule has 2 aromatic rings. The van der Waals surface area contributed by atoms with E-state index in [0.29, 0.717) is 21.3 Å². The SMILES string of the molecule is C=Cc1nc(-c2cncc(F)c2)sc1N(C)C(=O)O. The Kier molecular flexibility index (Phi) is 3.57. The first-order valence-electron chi connectivity index (χ1n) is 5.23. The summed E-state index contributed by atoms with van der Waals surface area (Å²) < 4.78 is 13.1. The maximum atomic E-state index is 13.1. The van der Waals surface area contributed by atoms with Crippen LogP contribution in [0, 0.1) is 5.82 Å². The molecule has 0 spiro atoms. The molecule has 0 radical (unpaired) electrons. The minimum Gasteiger partial charge on any atom is -0.465 e. The normalized spacial score (nSPS) is 10.2. The molecule has 0 unspecified atom stereocenters. The molecule has 19 heavy (non-hydrogen) atoms. The third kappa shape index (κ3) is 2.60. The highest BCUT2D eigenvalue weighted by atomic mass is 32.1. The zero-order chi connectivity index (χ0) is 14.0. The summed E-state index contributed by atoms with van der Waals surface area (Å²) in [5.74, 6) is -0.471. The molecule has 5 nitrogen and oxygen atoms in total. The number of carboxylic acid groups (broad SMARTS) is 1. The molecular formula is C12H10FN3O2S. The van der Waals surface area contributed by atoms with Crippen LogP contribution in [0.25, 0.3) is 16.6 Å². The summed E-state index contributed by atoms with van der Waals surface area (Å²) in [6, 6.07) is 1.29. The molecule has 1 N–H and O–H groups in total. The summed E-state index contributed by atoms with van der Waals surface area (Å²) in [7, 11) is 1.41. The highest BCUT2D eigenvalue weighted by molar-refractivity contribution is 7.19. The summed E-state index contributed by atoms with van der Waals surface area (Å²) in [5.41, 5.74) is 0.937. The molecule has 0 saturated carbocycles. The molecule has 2 rings (SSSR count). The molecule has 0 fully saturated rings. The fraction of sp³-hybridized carbons (Fsp3) is 0.0833. The Labute approximate surface area is 112 Å². The predicted molar refractivity (Wildman–Crippen MR) is 71.8 cm³/mol. The van der Waals surface area contributed by atoms with Crippen molar-refractivity contribution in [2.75, 3.05) is 11.9 Å². The summed E-state index contributed by atoms with van der Waals surface area (Å²) in [6.07, 6.45) is 2.92. The van der Waals surface area contributed by atoms with E-state index in [1.54, 1.807) is 0 Å². The van der Waals surface area contributed by atoms with Crippen molar-refractivity contribution in [2.24, 2.45) is 0 Å². The van der Waals surface area contributed by atoms with Crippen molar-refractivity contribution in [3.05, 3.63) is 36.6 Å². The lowest BCUT2D eigenvalue weighted by Crippen LogP contribution is -2.23. The van der Waals surface area contributed by atoms with E-state index in [1.807, 2.05) is 0 Å². The number of amides is 1. The third-order valence-electron chi connectivity index (χ3n) is 2.37. The van der Waals surface area contributed by atoms with Crippen LogP contribution >= 0.6 is 11.3 Å². The number of thiazole rings is 1. The largest absolute Gasteiger partial charge is 0.465 e. The molecule has 7 heteroatoms. The summed E-state index contributed by atoms with van der Waals surface area (Å²) >= 11 is 1.14. The number of hydrogen-bond donors (Lipinski definition) is 1. The van der Waals surface area contributed by atoms with Crippen LogP contribution in [0.1, 0.15) is 5.69 Å². The Hall–Kier alpha value is -2.28. The number of pyridine rings is 1. The molecule has 98 valence electrons. The van der Waals surface area contributed by atoms with Crippen LogP contribution in [0.3, 0.4) is 0 Å². The van der Waals surface area contributed by atoms with Crippen LogP contribution in [0.5, 0.6) is 0 Å². The number of carbonyl (C=O) groups is 1. The summed E-state index contributed by atoms with van der Waals surface area (Å²) in [5, 5.41) is 9.90. The standard InChI is InChI=1S/C12H10FN3O2S/c1-3-9-11(16(2)12(17)18)19-10(15-9)7-4-8(13)6-14-5-7/h3-6H,1H2,2H3,(H,17,18). The van der Waals surface area contributed by atoms with Crippen LogP contribution in [0.2, 0.25) is 0 Å². The van der Waals surface area contributed by atoms with Gasteiger partial charge in [-0.3, -0.25) is 9.88 Å². The van der Waals surface area contributed by atoms with E-state index in [4.69, 9.17) is 5.11 Å². The molecular weight excluding hydrogens is 269 g/mol. The van der Waals surface area contributed by atoms with Crippen LogP contribution < -0.4 is 4.90 Å². The number of rotatable bonds is 3. The first-order valence-corrected chi connectivity index (χ1v) is 6.05. The second-order valence-electron chi connectivity index (χ2n) is 3.65. The Balaban J connectivity index is 2.50. The average molecular weight is 279 g/mol. The van der Waals surface area contributed by atoms with Gasteiger partial charge in [0, 0.05) is 18.8 Å². The Morgan fingerprint density at radius 1 is 1.58 bits per heavy atom. The van der Waals surface area contributed by atoms with Gasteiger partial charge in [0.25, 0.3) is 0 Å². The van der Waals surface area contributed by atoms with Gasteiger partial charge in [-0.05, 0) is 12.1 Å². The molecule has 0 saturated heterocycles. The fourth-order valence-electron chi connectivity index (χ4n) is 1.44. The first kappa shape index (κ1) is 13.2. The lowest BCUT2D eigenvalue weighted by Gasteiger charge is -2.09. The molecule has 0 aliphatic carbocycles. The van der Waals surface area contributed by atoms with Crippen LogP contribution in [0.4, 0.5) is 14.2 Å². The highest BCUT2D eigenvalue weighted by Gasteiger charge is 2.18. The molecule has 2 aromatic heterocycles. The lowest BCUT2D eigenvalue weighted by atomic mass is 10.3. The average Bonchev–Trinajstić information content (AvgIpc) is 2.81. The Morgan fingerprint density at radius 3 is 2.89 bits per heavy atom. The van der Waals surface area contributed by atoms with Crippen molar-refractivity contribution < 1.29 is 14.3 Å². The quantitative estimate of drug-likeness (QED) is 0.937. The number of aromatic nitrogens is 2. The predicted octanol–water partition coefficient (Wildman–Crippen LogP) is 3.10. The van der Waals surface area contributed by atoms with E-state index in [-0.39, 0.29) is 0 Å². The molecule has 0 atom stereocenters. The van der Waals surface area contributed by atoms with Gasteiger partial charge in [0.05, 0.1) is 11.9 Å². The first-order chi connectivity index (χ1) is 9.02. The van der Waals surface area contributed by atoms with E-state index in [2.05, 4.69) is 16.5 Å². The van der Waals surface area contributed by atoms with Crippen molar-refractivity contribution in [2.45, 2.75) is 0 Å². The van der Waals surface area contributed by atoms with Crippen molar-refractivity contribution in [1.29, 1.82) is 0 Å². The molecule has 0 aliphatic rings. The van der Waals surface area contributed by atoms with E-state index in [9.17, 15) is 9.18 Å². The van der Waals surface area contributed by atoms with Crippen molar-refractivity contribution in [3.63, 3.8) is 0 Å². The van der Waals surface area contributed by atoms with Crippen molar-refractivity contribution in [1.82, 2.24) is 9.97 Å². The van der Waals surface area contributed by atoms with Crippen molar-refractivity contribution in [3.8, 4) is 10.6 Å². The topological polar surface area (TPSA) is 66.3 Å². The zero-order valence-corrected chi connectivity index (χ0v) is 10.8. The van der Waals surface area contributed by atoms with E-state index in [0.717, 1.165) is 22.4 Å². The number of halogens is 1. The van der Waals surface area contributed by atoms with Gasteiger partial charge in [-0.1, -0.05) is 17.9 Å². The second-order valence-corrected chi connectivity index (χ2v) is 4.62. The van der Waals surface area contributed by atoms with Gasteiger partial charge >= 0.3 is 6.09 Å². The maximum absolute atomic E-state index is 13.1. The zero-order valence-electron chi connectivity index (χ0n) is 10.00. The molecule has 0 aliphatic heterocycles. The number of anilines is 1. The highest BCUT2D eigenvalue weighted by Crippen LogP contribution is 2.34. The van der Waals surface area contributed by atoms with E-state index >= 15 is 0 Å².